The minimum atomic E-state index is -0.499. The average molecular weight is 344 g/mol. The lowest BCUT2D eigenvalue weighted by molar-refractivity contribution is -0.232. The van der Waals surface area contributed by atoms with Gasteiger partial charge in [-0.25, -0.2) is 0 Å². The Bertz CT molecular complexity index is 727. The zero-order valence-electron chi connectivity index (χ0n) is 15.6. The number of rotatable bonds is 1. The highest BCUT2D eigenvalue weighted by atomic mass is 16.6. The first-order valence-electron chi connectivity index (χ1n) is 9.74. The normalized spacial score (nSPS) is 56.4. The van der Waals surface area contributed by atoms with Gasteiger partial charge in [0.25, 0.3) is 0 Å². The number of esters is 1. The van der Waals surface area contributed by atoms with Crippen molar-refractivity contribution in [3.8, 4) is 0 Å². The summed E-state index contributed by atoms with van der Waals surface area (Å²) in [5, 5.41) is 0. The molecule has 5 fully saturated rings. The molecular weight excluding hydrogens is 316 g/mol. The van der Waals surface area contributed by atoms with Gasteiger partial charge in [0.15, 0.2) is 5.78 Å². The van der Waals surface area contributed by atoms with Crippen molar-refractivity contribution in [1.82, 2.24) is 0 Å². The summed E-state index contributed by atoms with van der Waals surface area (Å²) in [6.07, 6.45) is 6.95. The molecule has 0 aromatic rings. The van der Waals surface area contributed by atoms with Crippen LogP contribution in [0.2, 0.25) is 0 Å². The van der Waals surface area contributed by atoms with Gasteiger partial charge >= 0.3 is 5.97 Å². The molecule has 5 rings (SSSR count). The van der Waals surface area contributed by atoms with Crippen LogP contribution in [0.15, 0.2) is 12.2 Å². The lowest BCUT2D eigenvalue weighted by Crippen LogP contribution is -2.67. The predicted molar refractivity (Wildman–Crippen MR) is 91.8 cm³/mol. The van der Waals surface area contributed by atoms with Crippen LogP contribution in [0.4, 0.5) is 0 Å². The van der Waals surface area contributed by atoms with Crippen LogP contribution in [-0.4, -0.2) is 30.1 Å². The van der Waals surface area contributed by atoms with Crippen molar-refractivity contribution in [2.75, 3.05) is 7.11 Å². The number of Topliss-reactive ketones (excluding diaryl/α,β-unsaturated/α-hetero) is 1. The van der Waals surface area contributed by atoms with E-state index in [1.54, 1.807) is 7.11 Å². The molecule has 4 heteroatoms. The number of carbonyl (C=O) groups is 2. The Kier molecular flexibility index (Phi) is 2.71. The van der Waals surface area contributed by atoms with E-state index < -0.39 is 16.6 Å². The predicted octanol–water partition coefficient (Wildman–Crippen LogP) is 3.58. The minimum absolute atomic E-state index is 0.0267. The first-order chi connectivity index (χ1) is 11.7. The van der Waals surface area contributed by atoms with Gasteiger partial charge in [0, 0.05) is 29.4 Å². The molecule has 4 aliphatic carbocycles. The third-order valence-corrected chi connectivity index (χ3v) is 9.43. The fourth-order valence-electron chi connectivity index (χ4n) is 7.88. The second kappa shape index (κ2) is 4.21. The number of carbonyl (C=O) groups excluding carboxylic acids is 2. The maximum absolute atomic E-state index is 13.5. The molecule has 4 nitrogen and oxygen atoms in total. The second-order valence-corrected chi connectivity index (χ2v) is 9.74. The molecule has 0 radical (unpaired) electrons. The second-order valence-electron chi connectivity index (χ2n) is 9.74. The highest BCUT2D eigenvalue weighted by Gasteiger charge is 2.81. The van der Waals surface area contributed by atoms with E-state index in [1.165, 1.54) is 0 Å². The standard InChI is InChI=1S/C21H28O4/c1-13-15(22)19-9-6-14-17(2)7-5-8-21(14,25-16(17)23)18(19,3)10-11-20(13,12-19)24-4/h14H,1,5-12H2,2-4H3/t14-,17+,18-,19-,20-,21-/m0/s1. The number of ether oxygens (including phenoxy) is 2. The highest BCUT2D eigenvalue weighted by Crippen LogP contribution is 2.77. The Balaban J connectivity index is 1.71. The van der Waals surface area contributed by atoms with Crippen LogP contribution in [0.5, 0.6) is 0 Å². The van der Waals surface area contributed by atoms with E-state index in [-0.39, 0.29) is 28.5 Å². The Morgan fingerprint density at radius 1 is 1.12 bits per heavy atom. The first kappa shape index (κ1) is 16.0. The van der Waals surface area contributed by atoms with Crippen LogP contribution in [-0.2, 0) is 19.1 Å². The summed E-state index contributed by atoms with van der Waals surface area (Å²) in [6.45, 7) is 8.48. The van der Waals surface area contributed by atoms with E-state index in [1.807, 2.05) is 0 Å². The van der Waals surface area contributed by atoms with Crippen LogP contribution in [0.3, 0.4) is 0 Å². The van der Waals surface area contributed by atoms with Gasteiger partial charge in [-0.15, -0.1) is 0 Å². The van der Waals surface area contributed by atoms with E-state index in [9.17, 15) is 9.59 Å². The fourth-order valence-corrected chi connectivity index (χ4v) is 7.88. The molecule has 0 N–H and O–H groups in total. The molecule has 1 spiro atoms. The van der Waals surface area contributed by atoms with Crippen LogP contribution in [0.25, 0.3) is 0 Å². The summed E-state index contributed by atoms with van der Waals surface area (Å²) in [5.74, 6) is 0.395. The molecule has 5 aliphatic rings. The molecule has 0 unspecified atom stereocenters. The molecule has 136 valence electrons. The monoisotopic (exact) mass is 344 g/mol. The maximum Gasteiger partial charge on any atom is 0.312 e. The lowest BCUT2D eigenvalue weighted by Gasteiger charge is -2.64. The summed E-state index contributed by atoms with van der Waals surface area (Å²) < 4.78 is 12.2. The molecule has 6 atom stereocenters. The Labute approximate surface area is 149 Å². The Hall–Kier alpha value is -1.16. The Morgan fingerprint density at radius 3 is 2.60 bits per heavy atom. The van der Waals surface area contributed by atoms with Gasteiger partial charge in [-0.2, -0.15) is 0 Å². The van der Waals surface area contributed by atoms with E-state index in [0.29, 0.717) is 12.0 Å². The quantitative estimate of drug-likeness (QED) is 0.539. The van der Waals surface area contributed by atoms with E-state index >= 15 is 0 Å². The zero-order chi connectivity index (χ0) is 17.9. The third kappa shape index (κ3) is 1.35. The van der Waals surface area contributed by atoms with Crippen molar-refractivity contribution in [1.29, 1.82) is 0 Å². The SMILES string of the molecule is C=C1C(=O)[C@@]23CC[C@H]4[C@@]5(C)CCC[C@@]4(OC5=O)[C@@]2(C)CC[C@]1(OC)C3. The van der Waals surface area contributed by atoms with Gasteiger partial charge in [0.2, 0.25) is 0 Å². The molecule has 1 aliphatic heterocycles. The van der Waals surface area contributed by atoms with Gasteiger partial charge in [-0.3, -0.25) is 9.59 Å². The smallest absolute Gasteiger partial charge is 0.312 e. The first-order valence-corrected chi connectivity index (χ1v) is 9.74. The minimum Gasteiger partial charge on any atom is -0.458 e. The van der Waals surface area contributed by atoms with Crippen LogP contribution in [0, 0.1) is 22.2 Å². The summed E-state index contributed by atoms with van der Waals surface area (Å²) in [4.78, 5) is 26.4. The summed E-state index contributed by atoms with van der Waals surface area (Å²) in [6, 6.07) is 0. The summed E-state index contributed by atoms with van der Waals surface area (Å²) in [5.41, 5.74) is -1.47. The molecule has 0 amide bonds. The number of ketones is 1. The maximum atomic E-state index is 13.5. The van der Waals surface area contributed by atoms with Gasteiger partial charge < -0.3 is 9.47 Å². The molecule has 1 saturated heterocycles. The number of fused-ring (bicyclic) bond motifs is 1. The number of hydrogen-bond acceptors (Lipinski definition) is 4. The average Bonchev–Trinajstić information content (AvgIpc) is 2.85. The van der Waals surface area contributed by atoms with Crippen LogP contribution >= 0.6 is 0 Å². The Morgan fingerprint density at radius 2 is 1.88 bits per heavy atom. The molecule has 25 heavy (non-hydrogen) atoms. The van der Waals surface area contributed by atoms with Crippen LogP contribution < -0.4 is 0 Å². The van der Waals surface area contributed by atoms with Crippen LogP contribution in [0.1, 0.15) is 65.2 Å². The van der Waals surface area contributed by atoms with Crippen molar-refractivity contribution in [2.24, 2.45) is 22.2 Å². The number of hydrogen-bond donors (Lipinski definition) is 0. The van der Waals surface area contributed by atoms with Crippen molar-refractivity contribution in [3.05, 3.63) is 12.2 Å². The molecule has 1 heterocycles. The summed E-state index contributed by atoms with van der Waals surface area (Å²) >= 11 is 0. The number of methoxy groups -OCH3 is 1. The van der Waals surface area contributed by atoms with Gasteiger partial charge in [0.1, 0.15) is 5.60 Å². The van der Waals surface area contributed by atoms with Gasteiger partial charge in [-0.1, -0.05) is 13.5 Å². The molecule has 0 aromatic carbocycles. The van der Waals surface area contributed by atoms with Crippen molar-refractivity contribution in [3.63, 3.8) is 0 Å². The van der Waals surface area contributed by atoms with Gasteiger partial charge in [0.05, 0.1) is 11.0 Å². The topological polar surface area (TPSA) is 52.6 Å². The molecular formula is C21H28O4. The van der Waals surface area contributed by atoms with Gasteiger partial charge in [-0.05, 0) is 58.3 Å². The van der Waals surface area contributed by atoms with Crippen molar-refractivity contribution < 1.29 is 19.1 Å². The summed E-state index contributed by atoms with van der Waals surface area (Å²) in [7, 11) is 1.71. The van der Waals surface area contributed by atoms with Crippen molar-refractivity contribution >= 4 is 11.8 Å². The van der Waals surface area contributed by atoms with Crippen molar-refractivity contribution in [2.45, 2.75) is 76.4 Å². The zero-order valence-corrected chi connectivity index (χ0v) is 15.6. The fraction of sp³-hybridized carbons (Fsp3) is 0.810. The largest absolute Gasteiger partial charge is 0.458 e. The molecule has 4 saturated carbocycles. The van der Waals surface area contributed by atoms with E-state index in [2.05, 4.69) is 20.4 Å². The highest BCUT2D eigenvalue weighted by molar-refractivity contribution is 6.05. The van der Waals surface area contributed by atoms with E-state index in [0.717, 1.165) is 44.9 Å². The molecule has 0 aromatic heterocycles. The molecule has 4 bridgehead atoms. The van der Waals surface area contributed by atoms with E-state index in [4.69, 9.17) is 9.47 Å². The third-order valence-electron chi connectivity index (χ3n) is 9.43. The lowest BCUT2D eigenvalue weighted by atomic mass is 9.39.